The van der Waals surface area contributed by atoms with Crippen LogP contribution in [0.25, 0.3) is 0 Å². The van der Waals surface area contributed by atoms with Crippen LogP contribution >= 0.6 is 11.8 Å². The van der Waals surface area contributed by atoms with Gasteiger partial charge in [-0.25, -0.2) is 0 Å². The topological polar surface area (TPSA) is 58.1 Å². The first-order chi connectivity index (χ1) is 14.7. The van der Waals surface area contributed by atoms with Crippen molar-refractivity contribution in [3.05, 3.63) is 29.8 Å². The highest BCUT2D eigenvalue weighted by atomic mass is 32.2. The molecular weight excluding hydrogens is 396 g/mol. The Labute approximate surface area is 186 Å². The minimum Gasteiger partial charge on any atom is -0.497 e. The number of methoxy groups -OCH3 is 1. The number of thioether (sulfide) groups is 1. The quantitative estimate of drug-likeness (QED) is 0.459. The lowest BCUT2D eigenvalue weighted by molar-refractivity contribution is 0.0794. The van der Waals surface area contributed by atoms with Crippen LogP contribution in [-0.4, -0.2) is 74.9 Å². The summed E-state index contributed by atoms with van der Waals surface area (Å²) in [5, 5.41) is 7.07. The smallest absolute Gasteiger partial charge is 0.191 e. The zero-order valence-electron chi connectivity index (χ0n) is 18.8. The molecule has 0 aromatic heterocycles. The second-order valence-electron chi connectivity index (χ2n) is 8.11. The first kappa shape index (κ1) is 23.2. The van der Waals surface area contributed by atoms with Gasteiger partial charge in [0.2, 0.25) is 0 Å². The Hall–Kier alpha value is -1.44. The number of likely N-dealkylation sites (tertiary alicyclic amines) is 1. The monoisotopic (exact) mass is 434 g/mol. The van der Waals surface area contributed by atoms with Crippen LogP contribution in [0, 0.1) is 0 Å². The van der Waals surface area contributed by atoms with E-state index in [2.05, 4.69) is 53.0 Å². The van der Waals surface area contributed by atoms with Gasteiger partial charge in [0.1, 0.15) is 5.75 Å². The molecule has 2 N–H and O–H groups in total. The Balaban J connectivity index is 1.68. The van der Waals surface area contributed by atoms with Crippen molar-refractivity contribution in [3.63, 3.8) is 0 Å². The number of benzene rings is 1. The van der Waals surface area contributed by atoms with Crippen LogP contribution in [-0.2, 0) is 4.74 Å². The SMILES string of the molecule is CCNC(=NCC1(SC)CCOCC1)NCC(c1ccc(OC)cc1)N1CCCC1. The predicted octanol–water partition coefficient (Wildman–Crippen LogP) is 3.30. The number of nitrogens with zero attached hydrogens (tertiary/aromatic N) is 2. The molecule has 0 bridgehead atoms. The van der Waals surface area contributed by atoms with Gasteiger partial charge in [-0.1, -0.05) is 12.1 Å². The van der Waals surface area contributed by atoms with Crippen LogP contribution in [0.1, 0.15) is 44.2 Å². The summed E-state index contributed by atoms with van der Waals surface area (Å²) in [4.78, 5) is 7.56. The average molecular weight is 435 g/mol. The molecular formula is C23H38N4O2S. The number of guanidine groups is 1. The maximum atomic E-state index is 5.57. The molecule has 7 heteroatoms. The lowest BCUT2D eigenvalue weighted by atomic mass is 9.99. The molecule has 1 atom stereocenters. The van der Waals surface area contributed by atoms with Crippen molar-refractivity contribution >= 4 is 17.7 Å². The molecule has 0 aliphatic carbocycles. The van der Waals surface area contributed by atoms with Gasteiger partial charge in [-0.3, -0.25) is 9.89 Å². The average Bonchev–Trinajstić information content (AvgIpc) is 3.33. The van der Waals surface area contributed by atoms with E-state index in [1.165, 1.54) is 18.4 Å². The molecule has 0 saturated carbocycles. The largest absolute Gasteiger partial charge is 0.497 e. The highest BCUT2D eigenvalue weighted by molar-refractivity contribution is 8.00. The Morgan fingerprint density at radius 2 is 1.90 bits per heavy atom. The Bertz CT molecular complexity index is 656. The molecule has 2 aliphatic rings. The molecule has 0 amide bonds. The lowest BCUT2D eigenvalue weighted by Crippen LogP contribution is -2.44. The minimum absolute atomic E-state index is 0.199. The van der Waals surface area contributed by atoms with Crippen LogP contribution in [0.4, 0.5) is 0 Å². The highest BCUT2D eigenvalue weighted by Gasteiger charge is 2.31. The number of aliphatic imine (C=N–C) groups is 1. The van der Waals surface area contributed by atoms with Crippen molar-refractivity contribution in [2.45, 2.75) is 43.4 Å². The third-order valence-electron chi connectivity index (χ3n) is 6.25. The maximum absolute atomic E-state index is 5.57. The Morgan fingerprint density at radius 3 is 2.50 bits per heavy atom. The van der Waals surface area contributed by atoms with Crippen molar-refractivity contribution in [1.29, 1.82) is 0 Å². The molecule has 2 heterocycles. The van der Waals surface area contributed by atoms with Gasteiger partial charge in [0.15, 0.2) is 5.96 Å². The molecule has 30 heavy (non-hydrogen) atoms. The van der Waals surface area contributed by atoms with E-state index in [1.807, 2.05) is 11.8 Å². The van der Waals surface area contributed by atoms with Gasteiger partial charge >= 0.3 is 0 Å². The van der Waals surface area contributed by atoms with Crippen LogP contribution in [0.5, 0.6) is 5.75 Å². The van der Waals surface area contributed by atoms with E-state index in [-0.39, 0.29) is 4.75 Å². The summed E-state index contributed by atoms with van der Waals surface area (Å²) < 4.78 is 11.1. The normalized spacial score (nSPS) is 20.7. The predicted molar refractivity (Wildman–Crippen MR) is 127 cm³/mol. The maximum Gasteiger partial charge on any atom is 0.191 e. The molecule has 0 spiro atoms. The third-order valence-corrected chi connectivity index (χ3v) is 7.65. The van der Waals surface area contributed by atoms with E-state index >= 15 is 0 Å². The van der Waals surface area contributed by atoms with Gasteiger partial charge in [0.25, 0.3) is 0 Å². The van der Waals surface area contributed by atoms with Crippen molar-refractivity contribution in [2.75, 3.05) is 59.3 Å². The van der Waals surface area contributed by atoms with Crippen LogP contribution in [0.2, 0.25) is 0 Å². The standard InChI is InChI=1S/C23H38N4O2S/c1-4-24-22(26-18-23(30-3)11-15-29-16-12-23)25-17-21(27-13-5-6-14-27)19-7-9-20(28-2)10-8-19/h7-10,21H,4-6,11-18H2,1-3H3,(H2,24,25,26). The molecule has 1 aromatic rings. The third kappa shape index (κ3) is 6.28. The first-order valence-electron chi connectivity index (χ1n) is 11.2. The van der Waals surface area contributed by atoms with Crippen molar-refractivity contribution < 1.29 is 9.47 Å². The van der Waals surface area contributed by atoms with Gasteiger partial charge in [0.05, 0.1) is 19.7 Å². The van der Waals surface area contributed by atoms with Crippen molar-refractivity contribution in [1.82, 2.24) is 15.5 Å². The fourth-order valence-electron chi connectivity index (χ4n) is 4.27. The molecule has 2 aliphatic heterocycles. The summed E-state index contributed by atoms with van der Waals surface area (Å²) in [6.07, 6.45) is 6.89. The van der Waals surface area contributed by atoms with E-state index in [4.69, 9.17) is 14.5 Å². The van der Waals surface area contributed by atoms with Gasteiger partial charge in [-0.15, -0.1) is 0 Å². The van der Waals surface area contributed by atoms with E-state index in [0.717, 1.165) is 70.5 Å². The number of ether oxygens (including phenoxy) is 2. The molecule has 168 valence electrons. The second kappa shape index (κ2) is 11.8. The van der Waals surface area contributed by atoms with Gasteiger partial charge < -0.3 is 20.1 Å². The van der Waals surface area contributed by atoms with Crippen LogP contribution in [0.3, 0.4) is 0 Å². The molecule has 1 aromatic carbocycles. The molecule has 1 unspecified atom stereocenters. The highest BCUT2D eigenvalue weighted by Crippen LogP contribution is 2.34. The summed E-state index contributed by atoms with van der Waals surface area (Å²) in [5.74, 6) is 1.82. The number of nitrogens with one attached hydrogen (secondary N) is 2. The molecule has 0 radical (unpaired) electrons. The van der Waals surface area contributed by atoms with Gasteiger partial charge in [-0.05, 0) is 69.6 Å². The van der Waals surface area contributed by atoms with E-state index < -0.39 is 0 Å². The fourth-order valence-corrected chi connectivity index (χ4v) is 5.03. The second-order valence-corrected chi connectivity index (χ2v) is 9.38. The summed E-state index contributed by atoms with van der Waals surface area (Å²) in [6.45, 7) is 8.64. The molecule has 2 fully saturated rings. The summed E-state index contributed by atoms with van der Waals surface area (Å²) in [6, 6.07) is 8.84. The van der Waals surface area contributed by atoms with Gasteiger partial charge in [-0.2, -0.15) is 11.8 Å². The summed E-state index contributed by atoms with van der Waals surface area (Å²) in [5.41, 5.74) is 1.33. The summed E-state index contributed by atoms with van der Waals surface area (Å²) >= 11 is 1.94. The summed E-state index contributed by atoms with van der Waals surface area (Å²) in [7, 11) is 1.72. The van der Waals surface area contributed by atoms with Crippen LogP contribution in [0.15, 0.2) is 29.3 Å². The van der Waals surface area contributed by atoms with Gasteiger partial charge in [0, 0.05) is 31.1 Å². The molecule has 6 nitrogen and oxygen atoms in total. The minimum atomic E-state index is 0.199. The fraction of sp³-hybridized carbons (Fsp3) is 0.696. The van der Waals surface area contributed by atoms with Crippen molar-refractivity contribution in [2.24, 2.45) is 4.99 Å². The number of hydrogen-bond acceptors (Lipinski definition) is 5. The number of hydrogen-bond donors (Lipinski definition) is 2. The zero-order valence-corrected chi connectivity index (χ0v) is 19.6. The lowest BCUT2D eigenvalue weighted by Gasteiger charge is -2.34. The molecule has 3 rings (SSSR count). The first-order valence-corrected chi connectivity index (χ1v) is 12.5. The number of rotatable bonds is 9. The van der Waals surface area contributed by atoms with Crippen molar-refractivity contribution in [3.8, 4) is 5.75 Å². The Kier molecular flexibility index (Phi) is 9.15. The van der Waals surface area contributed by atoms with E-state index in [1.54, 1.807) is 7.11 Å². The van der Waals surface area contributed by atoms with E-state index in [0.29, 0.717) is 6.04 Å². The van der Waals surface area contributed by atoms with E-state index in [9.17, 15) is 0 Å². The Morgan fingerprint density at radius 1 is 1.20 bits per heavy atom. The van der Waals surface area contributed by atoms with Crippen LogP contribution < -0.4 is 15.4 Å². The zero-order chi connectivity index (χ0) is 21.2. The molecule has 2 saturated heterocycles.